The van der Waals surface area contributed by atoms with E-state index in [0.717, 1.165) is 25.7 Å². The number of hydrogen-bond acceptors (Lipinski definition) is 12. The fraction of sp³-hybridized carbons (Fsp3) is 0.950. The van der Waals surface area contributed by atoms with Crippen molar-refractivity contribution < 1.29 is 59.5 Å². The van der Waals surface area contributed by atoms with E-state index in [1.807, 2.05) is 0 Å². The number of aliphatic hydroxyl groups is 7. The first-order chi connectivity index (χ1) is 15.2. The van der Waals surface area contributed by atoms with Crippen molar-refractivity contribution in [2.45, 2.75) is 100 Å². The molecule has 32 heavy (non-hydrogen) atoms. The Kier molecular flexibility index (Phi) is 10.7. The van der Waals surface area contributed by atoms with Crippen molar-refractivity contribution in [2.75, 3.05) is 19.8 Å². The summed E-state index contributed by atoms with van der Waals surface area (Å²) in [5.41, 5.74) is 0. The zero-order chi connectivity index (χ0) is 23.9. The Bertz CT molecular complexity index is 577. The molecule has 9 atom stereocenters. The number of unbranched alkanes of at least 4 members (excludes halogenated alkanes) is 4. The number of carbonyl (C=O) groups excluding carboxylic acids is 1. The number of esters is 1. The molecule has 2 rings (SSSR count). The van der Waals surface area contributed by atoms with Crippen LogP contribution >= 0.6 is 0 Å². The molecule has 0 radical (unpaired) electrons. The van der Waals surface area contributed by atoms with Gasteiger partial charge in [0.2, 0.25) is 5.79 Å². The van der Waals surface area contributed by atoms with Gasteiger partial charge in [-0.3, -0.25) is 4.79 Å². The predicted molar refractivity (Wildman–Crippen MR) is 106 cm³/mol. The van der Waals surface area contributed by atoms with Gasteiger partial charge in [0, 0.05) is 6.42 Å². The highest BCUT2D eigenvalue weighted by molar-refractivity contribution is 5.69. The lowest BCUT2D eigenvalue weighted by molar-refractivity contribution is -0.383. The third kappa shape index (κ3) is 6.35. The third-order valence-electron chi connectivity index (χ3n) is 5.78. The summed E-state index contributed by atoms with van der Waals surface area (Å²) < 4.78 is 21.2. The maximum atomic E-state index is 11.9. The number of ether oxygens (including phenoxy) is 4. The summed E-state index contributed by atoms with van der Waals surface area (Å²) in [7, 11) is 0. The Morgan fingerprint density at radius 3 is 2.19 bits per heavy atom. The summed E-state index contributed by atoms with van der Waals surface area (Å²) in [6.45, 7) is -0.0163. The molecule has 0 aromatic rings. The Hall–Kier alpha value is -0.930. The molecular formula is C20H36O12. The van der Waals surface area contributed by atoms with Crippen LogP contribution in [-0.2, 0) is 23.7 Å². The van der Waals surface area contributed by atoms with Gasteiger partial charge in [0.15, 0.2) is 6.29 Å². The molecule has 7 N–H and O–H groups in total. The van der Waals surface area contributed by atoms with Gasteiger partial charge >= 0.3 is 5.97 Å². The van der Waals surface area contributed by atoms with E-state index in [-0.39, 0.29) is 6.42 Å². The van der Waals surface area contributed by atoms with E-state index in [4.69, 9.17) is 18.9 Å². The average Bonchev–Trinajstić information content (AvgIpc) is 3.03. The molecule has 12 heteroatoms. The van der Waals surface area contributed by atoms with E-state index in [1.165, 1.54) is 0 Å². The number of aliphatic hydroxyl groups excluding tert-OH is 7. The van der Waals surface area contributed by atoms with E-state index in [1.54, 1.807) is 0 Å². The van der Waals surface area contributed by atoms with Crippen LogP contribution in [-0.4, -0.2) is 116 Å². The van der Waals surface area contributed by atoms with Gasteiger partial charge in [0.25, 0.3) is 0 Å². The fourth-order valence-corrected chi connectivity index (χ4v) is 3.74. The largest absolute Gasteiger partial charge is 0.463 e. The van der Waals surface area contributed by atoms with Crippen molar-refractivity contribution in [3.8, 4) is 0 Å². The van der Waals surface area contributed by atoms with E-state index in [9.17, 15) is 40.5 Å². The second-order valence-corrected chi connectivity index (χ2v) is 8.22. The first kappa shape index (κ1) is 27.3. The minimum atomic E-state index is -2.26. The van der Waals surface area contributed by atoms with E-state index in [0.29, 0.717) is 6.42 Å². The minimum Gasteiger partial charge on any atom is -0.463 e. The zero-order valence-electron chi connectivity index (χ0n) is 18.2. The Labute approximate surface area is 186 Å². The molecule has 0 amide bonds. The van der Waals surface area contributed by atoms with Crippen LogP contribution in [0.4, 0.5) is 0 Å². The van der Waals surface area contributed by atoms with Gasteiger partial charge in [-0.1, -0.05) is 32.6 Å². The van der Waals surface area contributed by atoms with Crippen LogP contribution in [0.25, 0.3) is 0 Å². The summed E-state index contributed by atoms with van der Waals surface area (Å²) in [5.74, 6) is -2.77. The summed E-state index contributed by atoms with van der Waals surface area (Å²) in [4.78, 5) is 11.9. The van der Waals surface area contributed by atoms with Gasteiger partial charge in [0.05, 0.1) is 6.61 Å². The van der Waals surface area contributed by atoms with E-state index >= 15 is 0 Å². The normalized spacial score (nSPS) is 39.9. The Morgan fingerprint density at radius 1 is 0.906 bits per heavy atom. The fourth-order valence-electron chi connectivity index (χ4n) is 3.74. The summed E-state index contributed by atoms with van der Waals surface area (Å²) >= 11 is 0. The van der Waals surface area contributed by atoms with Crippen molar-refractivity contribution in [3.63, 3.8) is 0 Å². The lowest BCUT2D eigenvalue weighted by atomic mass is 9.99. The molecular weight excluding hydrogens is 432 g/mol. The first-order valence-corrected chi connectivity index (χ1v) is 11.0. The second-order valence-electron chi connectivity index (χ2n) is 8.22. The number of carbonyl (C=O) groups is 1. The molecule has 2 aliphatic rings. The van der Waals surface area contributed by atoms with Gasteiger partial charge in [-0.25, -0.2) is 0 Å². The maximum Gasteiger partial charge on any atom is 0.305 e. The van der Waals surface area contributed by atoms with Crippen LogP contribution in [0.15, 0.2) is 0 Å². The van der Waals surface area contributed by atoms with Crippen molar-refractivity contribution >= 4 is 5.97 Å². The van der Waals surface area contributed by atoms with Gasteiger partial charge in [0.1, 0.15) is 55.9 Å². The monoisotopic (exact) mass is 468 g/mol. The third-order valence-corrected chi connectivity index (χ3v) is 5.78. The molecule has 2 heterocycles. The van der Waals surface area contributed by atoms with Crippen molar-refractivity contribution in [3.05, 3.63) is 0 Å². The van der Waals surface area contributed by atoms with Gasteiger partial charge < -0.3 is 54.7 Å². The van der Waals surface area contributed by atoms with Gasteiger partial charge in [-0.15, -0.1) is 0 Å². The minimum absolute atomic E-state index is 0.186. The maximum absolute atomic E-state index is 11.9. The Balaban J connectivity index is 1.96. The molecule has 2 aliphatic heterocycles. The standard InChI is InChI=1S/C20H36O12/c1-2-3-4-5-6-7-13(23)29-9-12-14(24)16(26)17(27)19(30-12)32-20(10-22)18(28)15(25)11(8-21)31-20/h11-12,14-19,21-22,24-28H,2-10H2,1H3/t11?,12?,14?,15?,16?,17?,18?,19?,20-/m0/s1. The first-order valence-electron chi connectivity index (χ1n) is 11.0. The van der Waals surface area contributed by atoms with Crippen molar-refractivity contribution in [1.29, 1.82) is 0 Å². The molecule has 0 spiro atoms. The summed E-state index contributed by atoms with van der Waals surface area (Å²) in [6, 6.07) is 0. The number of rotatable bonds is 12. The smallest absolute Gasteiger partial charge is 0.305 e. The molecule has 188 valence electrons. The molecule has 0 aromatic carbocycles. The molecule has 0 aromatic heterocycles. The summed E-state index contributed by atoms with van der Waals surface area (Å²) in [5, 5.41) is 69.7. The van der Waals surface area contributed by atoms with Crippen LogP contribution in [0.5, 0.6) is 0 Å². The van der Waals surface area contributed by atoms with E-state index < -0.39 is 80.6 Å². The molecule has 0 bridgehead atoms. The molecule has 0 aliphatic carbocycles. The highest BCUT2D eigenvalue weighted by atomic mass is 16.8. The SMILES string of the molecule is CCCCCCCC(=O)OCC1OC(O[C@]2(CO)OC(CO)C(O)C2O)C(O)C(O)C1O. The Morgan fingerprint density at radius 2 is 1.59 bits per heavy atom. The van der Waals surface area contributed by atoms with Crippen LogP contribution < -0.4 is 0 Å². The van der Waals surface area contributed by atoms with Crippen LogP contribution in [0.1, 0.15) is 45.4 Å². The van der Waals surface area contributed by atoms with Crippen molar-refractivity contribution in [2.24, 2.45) is 0 Å². The van der Waals surface area contributed by atoms with Crippen LogP contribution in [0, 0.1) is 0 Å². The van der Waals surface area contributed by atoms with Crippen molar-refractivity contribution in [1.82, 2.24) is 0 Å². The van der Waals surface area contributed by atoms with Crippen LogP contribution in [0.3, 0.4) is 0 Å². The highest BCUT2D eigenvalue weighted by Gasteiger charge is 2.58. The van der Waals surface area contributed by atoms with Crippen LogP contribution in [0.2, 0.25) is 0 Å². The highest BCUT2D eigenvalue weighted by Crippen LogP contribution is 2.36. The molecule has 0 saturated carbocycles. The lowest BCUT2D eigenvalue weighted by Gasteiger charge is -2.43. The van der Waals surface area contributed by atoms with E-state index in [2.05, 4.69) is 6.92 Å². The van der Waals surface area contributed by atoms with Gasteiger partial charge in [-0.2, -0.15) is 0 Å². The lowest BCUT2D eigenvalue weighted by Crippen LogP contribution is -2.62. The quantitative estimate of drug-likeness (QED) is 0.118. The molecule has 8 unspecified atom stereocenters. The average molecular weight is 468 g/mol. The molecule has 2 fully saturated rings. The molecule has 12 nitrogen and oxygen atoms in total. The molecule has 2 saturated heterocycles. The predicted octanol–water partition coefficient (Wildman–Crippen LogP) is -2.48. The topological polar surface area (TPSA) is 196 Å². The summed E-state index contributed by atoms with van der Waals surface area (Å²) in [6.07, 6.45) is -7.98. The number of hydrogen-bond donors (Lipinski definition) is 7. The zero-order valence-corrected chi connectivity index (χ0v) is 18.2. The van der Waals surface area contributed by atoms with Gasteiger partial charge in [-0.05, 0) is 6.42 Å². The second kappa shape index (κ2) is 12.5.